The lowest BCUT2D eigenvalue weighted by Crippen LogP contribution is -2.70. The number of thioether (sulfide) groups is 1. The van der Waals surface area contributed by atoms with E-state index in [2.05, 4.69) is 44.4 Å². The number of H-pyrrole nitrogens is 1. The third kappa shape index (κ3) is 4.66. The van der Waals surface area contributed by atoms with Gasteiger partial charge in [0.05, 0.1) is 24.4 Å². The molecule has 7 heterocycles. The molecule has 4 aromatic rings. The molecule has 3 saturated heterocycles. The van der Waals surface area contributed by atoms with Crippen LogP contribution in [0.5, 0.6) is 28.7 Å². The van der Waals surface area contributed by atoms with E-state index in [0.717, 1.165) is 33.3 Å². The summed E-state index contributed by atoms with van der Waals surface area (Å²) in [7, 11) is 1.55. The average molecular weight is 822 g/mol. The summed E-state index contributed by atoms with van der Waals surface area (Å²) in [5.41, 5.74) is 9.72. The number of piperidine rings is 1. The zero-order valence-electron chi connectivity index (χ0n) is 33.4. The van der Waals surface area contributed by atoms with Gasteiger partial charge in [0.15, 0.2) is 29.3 Å². The van der Waals surface area contributed by atoms with Gasteiger partial charge in [-0.2, -0.15) is 0 Å². The summed E-state index contributed by atoms with van der Waals surface area (Å²) in [4.78, 5) is 21.1. The Balaban J connectivity index is 1.17. The molecule has 15 heteroatoms. The van der Waals surface area contributed by atoms with Crippen LogP contribution in [0.4, 0.5) is 0 Å². The summed E-state index contributed by atoms with van der Waals surface area (Å²) in [6, 6.07) is 7.46. The molecule has 0 radical (unpaired) electrons. The smallest absolute Gasteiger partial charge is 0.308 e. The molecule has 7 N–H and O–H groups in total. The number of esters is 1. The number of fused-ring (bicyclic) bond motifs is 18. The van der Waals surface area contributed by atoms with E-state index in [4.69, 9.17) is 35.8 Å². The van der Waals surface area contributed by atoms with E-state index < -0.39 is 58.5 Å². The Labute approximate surface area is 345 Å². The molecule has 4 unspecified atom stereocenters. The van der Waals surface area contributed by atoms with Crippen molar-refractivity contribution >= 4 is 28.6 Å². The Morgan fingerprint density at radius 3 is 2.73 bits per heavy atom. The monoisotopic (exact) mass is 821 g/mol. The summed E-state index contributed by atoms with van der Waals surface area (Å²) in [5, 5.41) is 45.0. The number of para-hydroxylation sites is 1. The first-order valence-electron chi connectivity index (χ1n) is 20.2. The van der Waals surface area contributed by atoms with E-state index in [1.165, 1.54) is 18.7 Å². The number of aromatic nitrogens is 1. The number of aromatic hydroxyl groups is 1. The molecular weight excluding hydrogens is 775 g/mol. The fourth-order valence-corrected chi connectivity index (χ4v) is 13.5. The predicted molar refractivity (Wildman–Crippen MR) is 217 cm³/mol. The Kier molecular flexibility index (Phi) is 7.96. The third-order valence-corrected chi connectivity index (χ3v) is 15.5. The zero-order chi connectivity index (χ0) is 41.1. The molecule has 1 aliphatic carbocycles. The van der Waals surface area contributed by atoms with Crippen molar-refractivity contribution < 1.29 is 43.8 Å². The van der Waals surface area contributed by atoms with Gasteiger partial charge in [-0.1, -0.05) is 30.0 Å². The molecule has 0 spiro atoms. The normalized spacial score (nSPS) is 33.6. The van der Waals surface area contributed by atoms with Gasteiger partial charge in [-0.25, -0.2) is 0 Å². The Morgan fingerprint density at radius 1 is 1.20 bits per heavy atom. The second-order valence-electron chi connectivity index (χ2n) is 17.5. The van der Waals surface area contributed by atoms with Crippen LogP contribution in [0, 0.1) is 25.5 Å². The van der Waals surface area contributed by atoms with Crippen LogP contribution in [0.25, 0.3) is 10.9 Å². The summed E-state index contributed by atoms with van der Waals surface area (Å²) < 4.78 is 31.8. The first-order chi connectivity index (χ1) is 28.3. The van der Waals surface area contributed by atoms with E-state index in [-0.39, 0.29) is 37.3 Å². The fraction of sp³-hybridized carbons (Fsp3) is 0.477. The second kappa shape index (κ2) is 12.5. The highest BCUT2D eigenvalue weighted by atomic mass is 32.2. The van der Waals surface area contributed by atoms with E-state index in [1.807, 2.05) is 32.0 Å². The summed E-state index contributed by atoms with van der Waals surface area (Å²) in [6.45, 7) is 7.74. The number of carbonyl (C=O) groups is 1. The summed E-state index contributed by atoms with van der Waals surface area (Å²) in [5.74, 6) is 1.03. The van der Waals surface area contributed by atoms with Crippen molar-refractivity contribution in [1.82, 2.24) is 20.1 Å². The van der Waals surface area contributed by atoms with E-state index in [9.17, 15) is 20.1 Å². The van der Waals surface area contributed by atoms with Gasteiger partial charge in [-0.3, -0.25) is 14.6 Å². The van der Waals surface area contributed by atoms with Crippen molar-refractivity contribution in [3.8, 4) is 40.4 Å². The Bertz CT molecular complexity index is 2560. The lowest BCUT2D eigenvalue weighted by Gasteiger charge is -2.60. The lowest BCUT2D eigenvalue weighted by atomic mass is 9.75. The molecular formula is C44H47N5O9S. The number of nitrogens with one attached hydrogen (secondary N) is 2. The van der Waals surface area contributed by atoms with Crippen LogP contribution in [0.2, 0.25) is 0 Å². The number of nitrogens with zero attached hydrogens (tertiary/aromatic N) is 2. The van der Waals surface area contributed by atoms with Crippen molar-refractivity contribution in [2.24, 2.45) is 5.73 Å². The highest BCUT2D eigenvalue weighted by Crippen LogP contribution is 2.74. The van der Waals surface area contributed by atoms with Crippen molar-refractivity contribution in [3.05, 3.63) is 75.0 Å². The van der Waals surface area contributed by atoms with Gasteiger partial charge in [0, 0.05) is 95.4 Å². The first kappa shape index (κ1) is 37.5. The maximum absolute atomic E-state index is 13.2. The fourth-order valence-electron chi connectivity index (χ4n) is 12.5. The molecule has 10 atom stereocenters. The van der Waals surface area contributed by atoms with E-state index in [1.54, 1.807) is 7.11 Å². The van der Waals surface area contributed by atoms with Crippen LogP contribution >= 0.6 is 11.8 Å². The molecule has 0 amide bonds. The number of piperazine rings is 1. The minimum Gasteiger partial charge on any atom is -0.504 e. The van der Waals surface area contributed by atoms with Crippen LogP contribution < -0.4 is 30.0 Å². The molecule has 308 valence electrons. The van der Waals surface area contributed by atoms with Gasteiger partial charge in [-0.05, 0) is 61.3 Å². The number of aliphatic hydroxyl groups excluding tert-OH is 1. The molecule has 14 nitrogen and oxygen atoms in total. The van der Waals surface area contributed by atoms with E-state index >= 15 is 0 Å². The number of aromatic amines is 1. The largest absolute Gasteiger partial charge is 0.504 e. The Morgan fingerprint density at radius 2 is 1.98 bits per heavy atom. The average Bonchev–Trinajstić information content (AvgIpc) is 3.99. The van der Waals surface area contributed by atoms with Crippen molar-refractivity contribution in [1.29, 1.82) is 0 Å². The van der Waals surface area contributed by atoms with Gasteiger partial charge >= 0.3 is 5.97 Å². The molecule has 1 aromatic heterocycles. The molecule has 6 aliphatic heterocycles. The molecule has 11 rings (SSSR count). The lowest BCUT2D eigenvalue weighted by molar-refractivity contribution is -0.256. The zero-order valence-corrected chi connectivity index (χ0v) is 34.2. The number of ether oxygens (including phenoxy) is 5. The van der Waals surface area contributed by atoms with Crippen molar-refractivity contribution in [3.63, 3.8) is 0 Å². The molecule has 3 fully saturated rings. The van der Waals surface area contributed by atoms with Crippen LogP contribution in [-0.2, 0) is 27.1 Å². The summed E-state index contributed by atoms with van der Waals surface area (Å²) in [6.07, 6.45) is 6.06. The number of methoxy groups -OCH3 is 1. The van der Waals surface area contributed by atoms with Crippen molar-refractivity contribution in [2.45, 2.75) is 106 Å². The number of nitrogens with two attached hydrogens (primary N) is 1. The number of phenols is 1. The number of aryl methyl sites for hydroxylation is 1. The molecule has 59 heavy (non-hydrogen) atoms. The molecule has 0 saturated carbocycles. The predicted octanol–water partition coefficient (Wildman–Crippen LogP) is 4.10. The maximum Gasteiger partial charge on any atom is 0.308 e. The Hall–Kier alpha value is -4.50. The molecule has 3 aromatic carbocycles. The van der Waals surface area contributed by atoms with Crippen LogP contribution in [-0.4, -0.2) is 92.4 Å². The SMILES string of the molecule is C#CS[C@H]1[C@H]2[C@H]3c4c(cc(C)c(OC)c4O)C4(C)CC(O)(CN34)N2[C@H]2CC1(OC(O)[C@@H]1N[C@@H](CN)Cc3c1[nH]c1ccccc31)c1c(OC(C)=O)c(C)c3c(c12)OCO3. The van der Waals surface area contributed by atoms with Gasteiger partial charge in [-0.15, -0.1) is 6.42 Å². The highest BCUT2D eigenvalue weighted by Gasteiger charge is 2.76. The van der Waals surface area contributed by atoms with Crippen molar-refractivity contribution in [2.75, 3.05) is 27.0 Å². The molecule has 4 bridgehead atoms. The van der Waals surface area contributed by atoms with Gasteiger partial charge in [0.1, 0.15) is 17.1 Å². The first-order valence-corrected chi connectivity index (χ1v) is 21.0. The highest BCUT2D eigenvalue weighted by molar-refractivity contribution is 8.04. The number of benzene rings is 3. The van der Waals surface area contributed by atoms with Crippen LogP contribution in [0.3, 0.4) is 0 Å². The summed E-state index contributed by atoms with van der Waals surface area (Å²) >= 11 is 1.21. The van der Waals surface area contributed by atoms with Gasteiger partial charge in [0.25, 0.3) is 0 Å². The number of hydrogen-bond acceptors (Lipinski definition) is 14. The number of phenolic OH excluding ortho intramolecular Hbond substituents is 1. The minimum atomic E-state index is -1.49. The quantitative estimate of drug-likeness (QED) is 0.0678. The topological polar surface area (TPSA) is 184 Å². The maximum atomic E-state index is 13.2. The molecule has 7 aliphatic rings. The number of hydrogen-bond donors (Lipinski definition) is 6. The standard InChI is InChI=1S/C44H47N5O9S/c1-7-59-40-34-33-28-25(12-19(2)36(54-6)35(28)51)42(5)16-43(53,17-48(33)42)49(34)27-14-44(40,30-29(27)39-38(55-18-56-39)20(3)37(30)57-21(4)50)58-41(52)32-31-24(13-22(15-45)46-32)23-10-8-9-11-26(23)47-31/h1,8-12,22,27,32-34,40-41,46-47,51-53H,13-18,45H2,2-6H3/t22-,27+,32-,33-,34-,40+,41?,42?,43?,44?/m1/s1. The number of terminal acetylenes is 1. The van der Waals surface area contributed by atoms with Gasteiger partial charge in [0.2, 0.25) is 6.79 Å². The van der Waals surface area contributed by atoms with Crippen LogP contribution in [0.15, 0.2) is 30.3 Å². The number of carbonyl (C=O) groups excluding carboxylic acids is 1. The van der Waals surface area contributed by atoms with Crippen LogP contribution in [0.1, 0.15) is 89.5 Å². The number of aliphatic hydroxyl groups is 2. The van der Waals surface area contributed by atoms with E-state index in [0.29, 0.717) is 58.9 Å². The minimum absolute atomic E-state index is 0.0445. The third-order valence-electron chi connectivity index (χ3n) is 14.5. The number of rotatable bonds is 7. The second-order valence-corrected chi connectivity index (χ2v) is 18.4. The van der Waals surface area contributed by atoms with Gasteiger partial charge < -0.3 is 55.0 Å².